The molecule has 1 amide bonds. The lowest BCUT2D eigenvalue weighted by molar-refractivity contribution is 0.0664. The molecule has 4 rings (SSSR count). The summed E-state index contributed by atoms with van der Waals surface area (Å²) < 4.78 is 3.07. The summed E-state index contributed by atoms with van der Waals surface area (Å²) in [5, 5.41) is 6.58. The van der Waals surface area contributed by atoms with Crippen LogP contribution in [0.3, 0.4) is 0 Å². The fourth-order valence-corrected chi connectivity index (χ4v) is 4.00. The Morgan fingerprint density at radius 2 is 1.59 bits per heavy atom. The fourth-order valence-electron chi connectivity index (χ4n) is 3.43. The van der Waals surface area contributed by atoms with Crippen molar-refractivity contribution in [3.8, 4) is 0 Å². The molecule has 2 aromatic carbocycles. The summed E-state index contributed by atoms with van der Waals surface area (Å²) >= 11 is 1.55. The van der Waals surface area contributed by atoms with Gasteiger partial charge in [0.25, 0.3) is 5.91 Å². The van der Waals surface area contributed by atoms with Gasteiger partial charge in [-0.15, -0.1) is 0 Å². The number of carbonyl (C=O) groups excluding carboxylic acids is 1. The van der Waals surface area contributed by atoms with Crippen molar-refractivity contribution in [1.29, 1.82) is 0 Å². The van der Waals surface area contributed by atoms with Crippen molar-refractivity contribution in [1.82, 2.24) is 24.5 Å². The molecule has 1 saturated heterocycles. The summed E-state index contributed by atoms with van der Waals surface area (Å²) in [5.41, 5.74) is 2.50. The first kappa shape index (κ1) is 22.1. The van der Waals surface area contributed by atoms with Gasteiger partial charge >= 0.3 is 0 Å². The monoisotopic (exact) mass is 449 g/mol. The molecule has 2 heterocycles. The van der Waals surface area contributed by atoms with Crippen molar-refractivity contribution >= 4 is 40.9 Å². The van der Waals surface area contributed by atoms with Crippen molar-refractivity contribution < 1.29 is 4.79 Å². The van der Waals surface area contributed by atoms with Gasteiger partial charge in [0.05, 0.1) is 0 Å². The minimum Gasteiger partial charge on any atom is -0.340 e. The highest BCUT2D eigenvalue weighted by molar-refractivity contribution is 7.97. The van der Waals surface area contributed by atoms with Gasteiger partial charge in [0.15, 0.2) is 0 Å². The molecule has 0 bridgehead atoms. The van der Waals surface area contributed by atoms with Crippen LogP contribution in [-0.2, 0) is 0 Å². The van der Waals surface area contributed by atoms with Gasteiger partial charge in [-0.1, -0.05) is 6.07 Å². The minimum absolute atomic E-state index is 0.0804. The van der Waals surface area contributed by atoms with E-state index in [1.165, 1.54) is 6.33 Å². The molecule has 0 saturated carbocycles. The van der Waals surface area contributed by atoms with E-state index in [1.807, 2.05) is 66.5 Å². The molecule has 1 fully saturated rings. The van der Waals surface area contributed by atoms with Gasteiger partial charge in [0.1, 0.15) is 18.0 Å². The Morgan fingerprint density at radius 3 is 2.28 bits per heavy atom. The van der Waals surface area contributed by atoms with Gasteiger partial charge in [0.2, 0.25) is 0 Å². The third-order valence-electron chi connectivity index (χ3n) is 5.19. The lowest BCUT2D eigenvalue weighted by Gasteiger charge is -2.32. The van der Waals surface area contributed by atoms with Gasteiger partial charge in [-0.2, -0.15) is 0 Å². The number of nitrogens with zero attached hydrogens (tertiary/aromatic N) is 4. The summed E-state index contributed by atoms with van der Waals surface area (Å²) in [6.07, 6.45) is 1.52. The molecule has 9 heteroatoms. The van der Waals surface area contributed by atoms with Crippen LogP contribution in [0.25, 0.3) is 0 Å². The topological polar surface area (TPSA) is 85.4 Å². The molecule has 0 unspecified atom stereocenters. The van der Waals surface area contributed by atoms with Gasteiger partial charge < -0.3 is 20.4 Å². The molecule has 166 valence electrons. The number of hydrogen-bond acceptors (Lipinski definition) is 8. The summed E-state index contributed by atoms with van der Waals surface area (Å²) in [4.78, 5) is 26.6. The lowest BCUT2D eigenvalue weighted by Crippen LogP contribution is -2.47. The molecule has 3 N–H and O–H groups in total. The average molecular weight is 450 g/mol. The second-order valence-electron chi connectivity index (χ2n) is 7.55. The van der Waals surface area contributed by atoms with Gasteiger partial charge in [-0.3, -0.25) is 9.52 Å². The summed E-state index contributed by atoms with van der Waals surface area (Å²) in [6, 6.07) is 17.4. The number of anilines is 4. The third kappa shape index (κ3) is 5.76. The van der Waals surface area contributed by atoms with Crippen LogP contribution < -0.4 is 15.4 Å². The number of likely N-dealkylation sites (N-methyl/N-ethyl adjacent to an activating group) is 1. The Labute approximate surface area is 192 Å². The number of piperazine rings is 1. The van der Waals surface area contributed by atoms with Crippen LogP contribution in [0.15, 0.2) is 65.8 Å². The van der Waals surface area contributed by atoms with Crippen LogP contribution >= 0.6 is 11.9 Å². The van der Waals surface area contributed by atoms with E-state index >= 15 is 0 Å². The Bertz CT molecular complexity index is 1050. The maximum atomic E-state index is 12.7. The van der Waals surface area contributed by atoms with E-state index in [-0.39, 0.29) is 5.91 Å². The summed E-state index contributed by atoms with van der Waals surface area (Å²) in [7, 11) is 3.97. The number of carbonyl (C=O) groups is 1. The van der Waals surface area contributed by atoms with Crippen LogP contribution in [0, 0.1) is 0 Å². The molecule has 3 aromatic rings. The van der Waals surface area contributed by atoms with Crippen LogP contribution in [0.1, 0.15) is 10.4 Å². The maximum Gasteiger partial charge on any atom is 0.253 e. The normalized spacial score (nSPS) is 14.2. The van der Waals surface area contributed by atoms with E-state index in [2.05, 4.69) is 37.3 Å². The predicted molar refractivity (Wildman–Crippen MR) is 130 cm³/mol. The van der Waals surface area contributed by atoms with Crippen molar-refractivity contribution in [3.63, 3.8) is 0 Å². The second-order valence-corrected chi connectivity index (χ2v) is 8.63. The van der Waals surface area contributed by atoms with E-state index in [4.69, 9.17) is 0 Å². The predicted octanol–water partition coefficient (Wildman–Crippen LogP) is 3.58. The van der Waals surface area contributed by atoms with E-state index in [0.717, 1.165) is 42.4 Å². The smallest absolute Gasteiger partial charge is 0.253 e. The molecule has 0 spiro atoms. The first-order valence-corrected chi connectivity index (χ1v) is 11.3. The molecule has 1 aliphatic rings. The van der Waals surface area contributed by atoms with Crippen molar-refractivity contribution in [2.24, 2.45) is 0 Å². The lowest BCUT2D eigenvalue weighted by atomic mass is 10.1. The Hall–Kier alpha value is -3.14. The zero-order chi connectivity index (χ0) is 22.3. The zero-order valence-corrected chi connectivity index (χ0v) is 19.0. The molecule has 1 aliphatic heterocycles. The number of hydrogen-bond donors (Lipinski definition) is 3. The molecular weight excluding hydrogens is 422 g/mol. The molecular formula is C23H27N7OS. The second kappa shape index (κ2) is 10.4. The Kier molecular flexibility index (Phi) is 7.21. The third-order valence-corrected chi connectivity index (χ3v) is 5.88. The van der Waals surface area contributed by atoms with Crippen LogP contribution in [0.2, 0.25) is 0 Å². The van der Waals surface area contributed by atoms with Crippen molar-refractivity contribution in [3.05, 3.63) is 66.5 Å². The van der Waals surface area contributed by atoms with Crippen LogP contribution in [-0.4, -0.2) is 65.9 Å². The highest BCUT2D eigenvalue weighted by atomic mass is 32.2. The SMILES string of the molecule is CNSc1cccc(Nc2cc(Nc3ccc(C(=O)N4CCN(C)CC4)cc3)ncn2)c1. The number of amides is 1. The molecule has 0 atom stereocenters. The highest BCUT2D eigenvalue weighted by Crippen LogP contribution is 2.23. The van der Waals surface area contributed by atoms with E-state index in [0.29, 0.717) is 17.2 Å². The number of benzene rings is 2. The minimum atomic E-state index is 0.0804. The highest BCUT2D eigenvalue weighted by Gasteiger charge is 2.20. The van der Waals surface area contributed by atoms with Crippen LogP contribution in [0.5, 0.6) is 0 Å². The van der Waals surface area contributed by atoms with E-state index in [1.54, 1.807) is 11.9 Å². The zero-order valence-electron chi connectivity index (χ0n) is 18.2. The van der Waals surface area contributed by atoms with E-state index in [9.17, 15) is 4.79 Å². The fraction of sp³-hybridized carbons (Fsp3) is 0.261. The quantitative estimate of drug-likeness (QED) is 0.472. The van der Waals surface area contributed by atoms with Gasteiger partial charge in [-0.25, -0.2) is 9.97 Å². The molecule has 0 aliphatic carbocycles. The maximum absolute atomic E-state index is 12.7. The van der Waals surface area contributed by atoms with Crippen molar-refractivity contribution in [2.45, 2.75) is 4.90 Å². The Balaban J connectivity index is 1.39. The average Bonchev–Trinajstić information content (AvgIpc) is 2.80. The largest absolute Gasteiger partial charge is 0.340 e. The van der Waals surface area contributed by atoms with Gasteiger partial charge in [0, 0.05) is 54.1 Å². The summed E-state index contributed by atoms with van der Waals surface area (Å²) in [6.45, 7) is 3.35. The first-order chi connectivity index (χ1) is 15.6. The van der Waals surface area contributed by atoms with Crippen molar-refractivity contribution in [2.75, 3.05) is 50.9 Å². The summed E-state index contributed by atoms with van der Waals surface area (Å²) in [5.74, 6) is 1.44. The standard InChI is InChI=1S/C23H27N7OS/c1-24-32-20-5-3-4-19(14-20)28-22-15-21(25-16-26-22)27-18-8-6-17(7-9-18)23(31)30-12-10-29(2)11-13-30/h3-9,14-16,24H,10-13H2,1-2H3,(H2,25,26,27,28). The first-order valence-electron chi connectivity index (χ1n) is 10.5. The number of nitrogens with one attached hydrogen (secondary N) is 3. The number of rotatable bonds is 7. The molecule has 32 heavy (non-hydrogen) atoms. The van der Waals surface area contributed by atoms with E-state index < -0.39 is 0 Å². The molecule has 1 aromatic heterocycles. The molecule has 8 nitrogen and oxygen atoms in total. The Morgan fingerprint density at radius 1 is 0.906 bits per heavy atom. The van der Waals surface area contributed by atoms with Gasteiger partial charge in [-0.05, 0) is 68.5 Å². The molecule has 0 radical (unpaired) electrons. The number of aromatic nitrogens is 2. The van der Waals surface area contributed by atoms with Crippen LogP contribution in [0.4, 0.5) is 23.0 Å².